The molecule has 2 unspecified atom stereocenters. The molecule has 26 heavy (non-hydrogen) atoms. The second-order valence-electron chi connectivity index (χ2n) is 7.04. The summed E-state index contributed by atoms with van der Waals surface area (Å²) in [5, 5.41) is 23.1. The number of rotatable bonds is 5. The van der Waals surface area contributed by atoms with Gasteiger partial charge in [0.1, 0.15) is 11.0 Å². The minimum absolute atomic E-state index is 0.0636. The van der Waals surface area contributed by atoms with E-state index in [0.717, 1.165) is 0 Å². The fourth-order valence-electron chi connectivity index (χ4n) is 3.50. The molecular weight excluding hydrogens is 352 g/mol. The number of nitrogens with one attached hydrogen (secondary N) is 1. The van der Waals surface area contributed by atoms with Crippen molar-refractivity contribution in [3.05, 3.63) is 41.1 Å². The van der Waals surface area contributed by atoms with Crippen molar-refractivity contribution in [2.24, 2.45) is 17.8 Å². The highest BCUT2D eigenvalue weighted by Gasteiger charge is 2.33. The van der Waals surface area contributed by atoms with Crippen LogP contribution in [0.4, 0.5) is 11.8 Å². The third-order valence-electron chi connectivity index (χ3n) is 5.07. The SMILES string of the molecule is CC1C=CC=CC1/C=C/c1c(Cl)nc(N)nc1N[C@@H]1C[C@H](CO)C[C@H]1O. The highest BCUT2D eigenvalue weighted by atomic mass is 35.5. The van der Waals surface area contributed by atoms with Crippen LogP contribution in [-0.2, 0) is 0 Å². The van der Waals surface area contributed by atoms with Crippen molar-refractivity contribution in [2.45, 2.75) is 31.9 Å². The van der Waals surface area contributed by atoms with E-state index >= 15 is 0 Å². The van der Waals surface area contributed by atoms with E-state index < -0.39 is 6.10 Å². The maximum Gasteiger partial charge on any atom is 0.223 e. The number of allylic oxidation sites excluding steroid dienone is 5. The van der Waals surface area contributed by atoms with Crippen molar-refractivity contribution < 1.29 is 10.2 Å². The fourth-order valence-corrected chi connectivity index (χ4v) is 3.74. The Kier molecular flexibility index (Phi) is 5.96. The largest absolute Gasteiger partial charge is 0.396 e. The summed E-state index contributed by atoms with van der Waals surface area (Å²) < 4.78 is 0. The Hall–Kier alpha value is -1.89. The Bertz CT molecular complexity index is 734. The second kappa shape index (κ2) is 8.20. The molecule has 0 spiro atoms. The number of hydrogen-bond acceptors (Lipinski definition) is 6. The molecule has 0 bridgehead atoms. The summed E-state index contributed by atoms with van der Waals surface area (Å²) >= 11 is 6.31. The fraction of sp³-hybridized carbons (Fsp3) is 0.474. The lowest BCUT2D eigenvalue weighted by molar-refractivity contribution is 0.157. The first kappa shape index (κ1) is 18.9. The number of nitrogens with two attached hydrogens (primary N) is 1. The van der Waals surface area contributed by atoms with E-state index in [1.807, 2.05) is 18.2 Å². The minimum atomic E-state index is -0.551. The molecule has 0 aromatic carbocycles. The highest BCUT2D eigenvalue weighted by molar-refractivity contribution is 6.31. The third-order valence-corrected chi connectivity index (χ3v) is 5.36. The third kappa shape index (κ3) is 4.26. The Morgan fingerprint density at radius 3 is 2.77 bits per heavy atom. The van der Waals surface area contributed by atoms with E-state index in [0.29, 0.717) is 30.1 Å². The monoisotopic (exact) mass is 376 g/mol. The Labute approximate surface area is 158 Å². The molecule has 7 heteroatoms. The quantitative estimate of drug-likeness (QED) is 0.589. The van der Waals surface area contributed by atoms with Crippen molar-refractivity contribution >= 4 is 29.4 Å². The van der Waals surface area contributed by atoms with Gasteiger partial charge >= 0.3 is 0 Å². The van der Waals surface area contributed by atoms with Gasteiger partial charge in [0.15, 0.2) is 0 Å². The molecule has 1 aromatic rings. The number of aliphatic hydroxyl groups is 2. The molecule has 2 aliphatic rings. The zero-order valence-corrected chi connectivity index (χ0v) is 15.5. The van der Waals surface area contributed by atoms with Gasteiger partial charge in [0, 0.05) is 12.5 Å². The first-order chi connectivity index (χ1) is 12.5. The van der Waals surface area contributed by atoms with Gasteiger partial charge in [0.05, 0.1) is 17.7 Å². The second-order valence-corrected chi connectivity index (χ2v) is 7.40. The Morgan fingerprint density at radius 1 is 1.31 bits per heavy atom. The van der Waals surface area contributed by atoms with Crippen LogP contribution >= 0.6 is 11.6 Å². The van der Waals surface area contributed by atoms with Crippen molar-refractivity contribution in [1.29, 1.82) is 0 Å². The molecule has 6 nitrogen and oxygen atoms in total. The van der Waals surface area contributed by atoms with Gasteiger partial charge in [0.2, 0.25) is 5.95 Å². The first-order valence-corrected chi connectivity index (χ1v) is 9.27. The number of aliphatic hydroxyl groups excluding tert-OH is 2. The molecule has 140 valence electrons. The van der Waals surface area contributed by atoms with Gasteiger partial charge in [-0.25, -0.2) is 4.98 Å². The maximum atomic E-state index is 10.2. The van der Waals surface area contributed by atoms with Crippen LogP contribution in [0, 0.1) is 17.8 Å². The normalized spacial score (nSPS) is 31.0. The summed E-state index contributed by atoms with van der Waals surface area (Å²) in [5.41, 5.74) is 6.41. The number of halogens is 1. The Morgan fingerprint density at radius 2 is 2.08 bits per heavy atom. The van der Waals surface area contributed by atoms with Gasteiger partial charge in [-0.2, -0.15) is 4.98 Å². The molecule has 0 amide bonds. The van der Waals surface area contributed by atoms with E-state index in [2.05, 4.69) is 40.4 Å². The van der Waals surface area contributed by atoms with Gasteiger partial charge in [0.25, 0.3) is 0 Å². The van der Waals surface area contributed by atoms with Crippen molar-refractivity contribution in [3.8, 4) is 0 Å². The van der Waals surface area contributed by atoms with E-state index in [-0.39, 0.29) is 35.6 Å². The summed E-state index contributed by atoms with van der Waals surface area (Å²) in [4.78, 5) is 8.33. The van der Waals surface area contributed by atoms with Crippen LogP contribution in [0.25, 0.3) is 6.08 Å². The molecule has 1 fully saturated rings. The summed E-state index contributed by atoms with van der Waals surface area (Å²) in [6.45, 7) is 2.22. The van der Waals surface area contributed by atoms with Crippen LogP contribution in [0.2, 0.25) is 5.15 Å². The zero-order chi connectivity index (χ0) is 18.7. The molecule has 1 saturated carbocycles. The van der Waals surface area contributed by atoms with Gasteiger partial charge in [-0.1, -0.05) is 55.0 Å². The van der Waals surface area contributed by atoms with Crippen molar-refractivity contribution in [1.82, 2.24) is 9.97 Å². The molecular formula is C19H25ClN4O2. The smallest absolute Gasteiger partial charge is 0.223 e. The number of nitrogens with zero attached hydrogens (tertiary/aromatic N) is 2. The summed E-state index contributed by atoms with van der Waals surface area (Å²) in [7, 11) is 0. The van der Waals surface area contributed by atoms with Gasteiger partial charge in [-0.3, -0.25) is 0 Å². The summed E-state index contributed by atoms with van der Waals surface area (Å²) in [5.74, 6) is 1.32. The predicted molar refractivity (Wildman–Crippen MR) is 105 cm³/mol. The van der Waals surface area contributed by atoms with Crippen LogP contribution in [0.15, 0.2) is 30.4 Å². The summed E-state index contributed by atoms with van der Waals surface area (Å²) in [6.07, 6.45) is 13.0. The van der Waals surface area contributed by atoms with Gasteiger partial charge in [-0.05, 0) is 24.7 Å². The first-order valence-electron chi connectivity index (χ1n) is 8.89. The lowest BCUT2D eigenvalue weighted by atomic mass is 9.89. The molecule has 3 rings (SSSR count). The molecule has 0 aliphatic heterocycles. The standard InChI is InChI=1S/C19H25ClN4O2/c1-11-4-2-3-5-13(11)6-7-14-17(20)23-19(21)24-18(14)22-15-8-12(10-25)9-16(15)26/h2-7,11-13,15-16,25-26H,8-10H2,1H3,(H3,21,22,23,24)/b7-6+/t11?,12-,13?,15+,16+/m0/s1. The molecule has 0 radical (unpaired) electrons. The van der Waals surface area contributed by atoms with Crippen LogP contribution in [0.1, 0.15) is 25.3 Å². The van der Waals surface area contributed by atoms with Gasteiger partial charge in [-0.15, -0.1) is 0 Å². The van der Waals surface area contributed by atoms with Crippen molar-refractivity contribution in [2.75, 3.05) is 17.7 Å². The van der Waals surface area contributed by atoms with Crippen LogP contribution < -0.4 is 11.1 Å². The summed E-state index contributed by atoms with van der Waals surface area (Å²) in [6, 6.07) is -0.207. The maximum absolute atomic E-state index is 10.2. The highest BCUT2D eigenvalue weighted by Crippen LogP contribution is 2.32. The van der Waals surface area contributed by atoms with E-state index in [1.54, 1.807) is 0 Å². The van der Waals surface area contributed by atoms with Crippen LogP contribution in [-0.4, -0.2) is 38.9 Å². The zero-order valence-electron chi connectivity index (χ0n) is 14.7. The van der Waals surface area contributed by atoms with Crippen LogP contribution in [0.3, 0.4) is 0 Å². The number of nitrogen functional groups attached to an aromatic ring is 1. The van der Waals surface area contributed by atoms with Gasteiger partial charge < -0.3 is 21.3 Å². The van der Waals surface area contributed by atoms with Crippen molar-refractivity contribution in [3.63, 3.8) is 0 Å². The molecule has 2 aliphatic carbocycles. The van der Waals surface area contributed by atoms with E-state index in [4.69, 9.17) is 17.3 Å². The molecule has 5 atom stereocenters. The average molecular weight is 377 g/mol. The molecule has 1 aromatic heterocycles. The average Bonchev–Trinajstić information content (AvgIpc) is 2.95. The number of hydrogen-bond donors (Lipinski definition) is 4. The molecule has 5 N–H and O–H groups in total. The van der Waals surface area contributed by atoms with E-state index in [1.165, 1.54) is 0 Å². The lowest BCUT2D eigenvalue weighted by Gasteiger charge is -2.20. The molecule has 1 heterocycles. The number of aromatic nitrogens is 2. The number of anilines is 2. The lowest BCUT2D eigenvalue weighted by Crippen LogP contribution is -2.29. The molecule has 0 saturated heterocycles. The topological polar surface area (TPSA) is 104 Å². The van der Waals surface area contributed by atoms with E-state index in [9.17, 15) is 10.2 Å². The predicted octanol–water partition coefficient (Wildman–Crippen LogP) is 2.65. The van der Waals surface area contributed by atoms with Crippen LogP contribution in [0.5, 0.6) is 0 Å². The Balaban J connectivity index is 1.83. The minimum Gasteiger partial charge on any atom is -0.396 e.